The Labute approximate surface area is 126 Å². The number of alkyl halides is 3. The molecule has 114 valence electrons. The topological polar surface area (TPSA) is 39.1 Å². The van der Waals surface area contributed by atoms with Crippen molar-refractivity contribution in [2.75, 3.05) is 13.1 Å². The van der Waals surface area contributed by atoms with E-state index >= 15 is 0 Å². The number of hydrogen-bond donors (Lipinski definition) is 1. The van der Waals surface area contributed by atoms with Gasteiger partial charge in [-0.05, 0) is 12.5 Å². The van der Waals surface area contributed by atoms with Crippen LogP contribution in [-0.2, 0) is 0 Å². The number of rotatable bonds is 5. The molecule has 0 saturated carbocycles. The molecule has 1 aromatic carbocycles. The number of halogens is 3. The summed E-state index contributed by atoms with van der Waals surface area (Å²) in [5, 5.41) is 8.68. The summed E-state index contributed by atoms with van der Waals surface area (Å²) in [7, 11) is 0. The van der Waals surface area contributed by atoms with E-state index in [-0.39, 0.29) is 5.92 Å². The quantitative estimate of drug-likeness (QED) is 0.843. The summed E-state index contributed by atoms with van der Waals surface area (Å²) in [6.07, 6.45) is -5.15. The highest BCUT2D eigenvalue weighted by Crippen LogP contribution is 2.32. The Morgan fingerprint density at radius 3 is 2.52 bits per heavy atom. The Balaban J connectivity index is 1.96. The lowest BCUT2D eigenvalue weighted by molar-refractivity contribution is -0.139. The second kappa shape index (κ2) is 6.69. The third-order valence-corrected chi connectivity index (χ3v) is 4.22. The van der Waals surface area contributed by atoms with Gasteiger partial charge < -0.3 is 0 Å². The molecule has 3 nitrogen and oxygen atoms in total. The van der Waals surface area contributed by atoms with Crippen molar-refractivity contribution in [2.24, 2.45) is 5.92 Å². The second-order valence-corrected chi connectivity index (χ2v) is 6.10. The van der Waals surface area contributed by atoms with Crippen molar-refractivity contribution in [2.45, 2.75) is 25.6 Å². The van der Waals surface area contributed by atoms with Gasteiger partial charge in [-0.3, -0.25) is 0 Å². The normalized spacial score (nSPS) is 18.0. The van der Waals surface area contributed by atoms with Crippen molar-refractivity contribution in [3.8, 4) is 6.07 Å². The predicted molar refractivity (Wildman–Crippen MR) is 76.0 cm³/mol. The van der Waals surface area contributed by atoms with Crippen molar-refractivity contribution in [1.29, 1.82) is 5.26 Å². The van der Waals surface area contributed by atoms with Crippen LogP contribution in [0.2, 0.25) is 0 Å². The van der Waals surface area contributed by atoms with E-state index in [0.29, 0.717) is 18.7 Å². The van der Waals surface area contributed by atoms with Gasteiger partial charge in [-0.15, -0.1) is 0 Å². The maximum Gasteiger partial charge on any atom is 0.390 e. The van der Waals surface area contributed by atoms with Crippen molar-refractivity contribution in [3.63, 3.8) is 0 Å². The Bertz CT molecular complexity index is 504. The molecule has 1 saturated heterocycles. The molecule has 1 N–H and O–H groups in total. The van der Waals surface area contributed by atoms with Crippen LogP contribution in [0.25, 0.3) is 0 Å². The Hall–Kier alpha value is -1.23. The van der Waals surface area contributed by atoms with E-state index < -0.39 is 18.6 Å². The molecular formula is C14H16F3N3S. The molecule has 0 bridgehead atoms. The SMILES string of the molecule is Cc1ccc(C(CC(F)(F)F)NSN2CC(C#N)C2)cc1. The molecule has 1 aliphatic rings. The van der Waals surface area contributed by atoms with E-state index in [4.69, 9.17) is 5.26 Å². The zero-order valence-corrected chi connectivity index (χ0v) is 12.3. The van der Waals surface area contributed by atoms with Crippen molar-refractivity contribution in [3.05, 3.63) is 35.4 Å². The average molecular weight is 315 g/mol. The standard InChI is InChI=1S/C14H16F3N3S/c1-10-2-4-12(5-3-10)13(6-14(15,16)17)19-21-20-8-11(7-18)9-20/h2-5,11,13,19H,6,8-9H2,1H3. The third kappa shape index (κ3) is 4.92. The summed E-state index contributed by atoms with van der Waals surface area (Å²) >= 11 is 1.16. The largest absolute Gasteiger partial charge is 0.390 e. The number of nitrogens with one attached hydrogen (secondary N) is 1. The van der Waals surface area contributed by atoms with Crippen molar-refractivity contribution in [1.82, 2.24) is 9.03 Å². The lowest BCUT2D eigenvalue weighted by Crippen LogP contribution is -2.43. The summed E-state index contributed by atoms with van der Waals surface area (Å²) < 4.78 is 42.8. The highest BCUT2D eigenvalue weighted by Gasteiger charge is 2.34. The van der Waals surface area contributed by atoms with Gasteiger partial charge in [0.15, 0.2) is 0 Å². The van der Waals surface area contributed by atoms with Crippen LogP contribution >= 0.6 is 12.1 Å². The van der Waals surface area contributed by atoms with Gasteiger partial charge in [-0.2, -0.15) is 18.4 Å². The van der Waals surface area contributed by atoms with Crippen LogP contribution in [0, 0.1) is 24.2 Å². The van der Waals surface area contributed by atoms with E-state index in [1.54, 1.807) is 24.3 Å². The summed E-state index contributed by atoms with van der Waals surface area (Å²) in [4.78, 5) is 0. The maximum absolute atomic E-state index is 12.7. The molecule has 0 radical (unpaired) electrons. The first kappa shape index (κ1) is 16.1. The fraction of sp³-hybridized carbons (Fsp3) is 0.500. The summed E-state index contributed by atoms with van der Waals surface area (Å²) in [5.74, 6) is -0.0141. The third-order valence-electron chi connectivity index (χ3n) is 3.27. The zero-order chi connectivity index (χ0) is 15.5. The Morgan fingerprint density at radius 2 is 2.00 bits per heavy atom. The zero-order valence-electron chi connectivity index (χ0n) is 11.5. The molecule has 1 fully saturated rings. The lowest BCUT2D eigenvalue weighted by atomic mass is 10.0. The van der Waals surface area contributed by atoms with Crippen LogP contribution in [-0.4, -0.2) is 23.6 Å². The van der Waals surface area contributed by atoms with Crippen molar-refractivity contribution >= 4 is 12.1 Å². The molecule has 0 amide bonds. The van der Waals surface area contributed by atoms with Gasteiger partial charge in [0.1, 0.15) is 0 Å². The molecule has 0 aliphatic carbocycles. The van der Waals surface area contributed by atoms with Gasteiger partial charge in [-0.1, -0.05) is 29.8 Å². The number of benzene rings is 1. The highest BCUT2D eigenvalue weighted by atomic mass is 32.2. The van der Waals surface area contributed by atoms with E-state index in [0.717, 1.165) is 17.7 Å². The molecule has 2 rings (SSSR count). The molecular weight excluding hydrogens is 299 g/mol. The minimum atomic E-state index is -4.23. The van der Waals surface area contributed by atoms with Crippen LogP contribution in [0.15, 0.2) is 24.3 Å². The van der Waals surface area contributed by atoms with Gasteiger partial charge in [-0.25, -0.2) is 9.03 Å². The lowest BCUT2D eigenvalue weighted by Gasteiger charge is -2.34. The first-order valence-corrected chi connectivity index (χ1v) is 7.35. The molecule has 0 aromatic heterocycles. The predicted octanol–water partition coefficient (Wildman–Crippen LogP) is 3.60. The fourth-order valence-corrected chi connectivity index (χ4v) is 2.99. The number of hydrogen-bond acceptors (Lipinski definition) is 4. The van der Waals surface area contributed by atoms with E-state index in [1.165, 1.54) is 0 Å². The molecule has 21 heavy (non-hydrogen) atoms. The Morgan fingerprint density at radius 1 is 1.38 bits per heavy atom. The molecule has 7 heteroatoms. The van der Waals surface area contributed by atoms with Gasteiger partial charge in [0, 0.05) is 25.2 Å². The smallest absolute Gasteiger partial charge is 0.243 e. The monoisotopic (exact) mass is 315 g/mol. The minimum Gasteiger partial charge on any atom is -0.243 e. The van der Waals surface area contributed by atoms with Gasteiger partial charge >= 0.3 is 6.18 Å². The molecule has 1 atom stereocenters. The van der Waals surface area contributed by atoms with Gasteiger partial charge in [0.05, 0.1) is 24.4 Å². The summed E-state index contributed by atoms with van der Waals surface area (Å²) in [6.45, 7) is 3.06. The van der Waals surface area contributed by atoms with Gasteiger partial charge in [0.25, 0.3) is 0 Å². The average Bonchev–Trinajstić information content (AvgIpc) is 2.35. The van der Waals surface area contributed by atoms with Crippen LogP contribution in [0.4, 0.5) is 13.2 Å². The second-order valence-electron chi connectivity index (χ2n) is 5.16. The van der Waals surface area contributed by atoms with Crippen LogP contribution in [0.3, 0.4) is 0 Å². The fourth-order valence-electron chi connectivity index (χ4n) is 1.99. The molecule has 1 aliphatic heterocycles. The maximum atomic E-state index is 12.7. The van der Waals surface area contributed by atoms with Crippen LogP contribution < -0.4 is 4.72 Å². The van der Waals surface area contributed by atoms with Crippen LogP contribution in [0.5, 0.6) is 0 Å². The number of nitriles is 1. The minimum absolute atomic E-state index is 0.0141. The molecule has 0 spiro atoms. The molecule has 1 heterocycles. The van der Waals surface area contributed by atoms with E-state index in [1.807, 2.05) is 11.2 Å². The number of nitrogens with zero attached hydrogens (tertiary/aromatic N) is 2. The van der Waals surface area contributed by atoms with E-state index in [2.05, 4.69) is 10.8 Å². The summed E-state index contributed by atoms with van der Waals surface area (Å²) in [5.41, 5.74) is 1.62. The van der Waals surface area contributed by atoms with Gasteiger partial charge in [0.2, 0.25) is 0 Å². The first-order chi connectivity index (χ1) is 9.87. The highest BCUT2D eigenvalue weighted by molar-refractivity contribution is 7.95. The molecule has 1 unspecified atom stereocenters. The van der Waals surface area contributed by atoms with Crippen molar-refractivity contribution < 1.29 is 13.2 Å². The first-order valence-electron chi connectivity index (χ1n) is 6.58. The Kier molecular flexibility index (Phi) is 5.14. The number of aryl methyl sites for hydroxylation is 1. The van der Waals surface area contributed by atoms with E-state index in [9.17, 15) is 13.2 Å². The molecule has 1 aromatic rings. The summed E-state index contributed by atoms with van der Waals surface area (Å²) in [6, 6.07) is 8.38. The van der Waals surface area contributed by atoms with Crippen LogP contribution in [0.1, 0.15) is 23.6 Å².